The van der Waals surface area contributed by atoms with Gasteiger partial charge in [-0.05, 0) is 17.7 Å². The van der Waals surface area contributed by atoms with Gasteiger partial charge in [-0.15, -0.1) is 0 Å². The third-order valence-electron chi connectivity index (χ3n) is 7.06. The molecule has 0 aromatic heterocycles. The van der Waals surface area contributed by atoms with Crippen LogP contribution < -0.4 is 9.47 Å². The van der Waals surface area contributed by atoms with Crippen LogP contribution in [0.15, 0.2) is 36.4 Å². The van der Waals surface area contributed by atoms with E-state index < -0.39 is 86.2 Å². The summed E-state index contributed by atoms with van der Waals surface area (Å²) in [4.78, 5) is 12.8. The van der Waals surface area contributed by atoms with E-state index in [9.17, 15) is 45.6 Å². The van der Waals surface area contributed by atoms with Gasteiger partial charge in [0.05, 0.1) is 19.6 Å². The first-order chi connectivity index (χ1) is 19.1. The molecule has 3 heterocycles. The number of aliphatic hydroxyl groups is 6. The van der Waals surface area contributed by atoms with Crippen molar-refractivity contribution in [1.82, 2.24) is 0 Å². The lowest BCUT2D eigenvalue weighted by atomic mass is 9.95. The van der Waals surface area contributed by atoms with Crippen molar-refractivity contribution in [2.45, 2.75) is 67.8 Å². The van der Waals surface area contributed by atoms with Crippen LogP contribution in [0.5, 0.6) is 23.0 Å². The Morgan fingerprint density at radius 3 is 2.33 bits per heavy atom. The van der Waals surface area contributed by atoms with Crippen LogP contribution in [0.3, 0.4) is 0 Å². The zero-order valence-electron chi connectivity index (χ0n) is 20.9. The third kappa shape index (κ3) is 5.45. The Hall–Kier alpha value is -3.05. The van der Waals surface area contributed by atoms with E-state index in [4.69, 9.17) is 23.7 Å². The van der Waals surface area contributed by atoms with Gasteiger partial charge in [0.1, 0.15) is 71.3 Å². The Morgan fingerprint density at radius 2 is 1.62 bits per heavy atom. The molecule has 5 rings (SSSR count). The third-order valence-corrected chi connectivity index (χ3v) is 7.06. The molecule has 218 valence electrons. The van der Waals surface area contributed by atoms with Gasteiger partial charge in [-0.1, -0.05) is 12.1 Å². The molecule has 8 N–H and O–H groups in total. The molecule has 14 heteroatoms. The summed E-state index contributed by atoms with van der Waals surface area (Å²) < 4.78 is 28.2. The number of carbonyl (C=O) groups excluding carboxylic acids is 1. The Kier molecular flexibility index (Phi) is 8.15. The maximum Gasteiger partial charge on any atom is 0.229 e. The molecule has 0 radical (unpaired) electrons. The molecule has 2 saturated heterocycles. The summed E-state index contributed by atoms with van der Waals surface area (Å²) in [7, 11) is 0. The number of ether oxygens (including phenoxy) is 5. The van der Waals surface area contributed by atoms with E-state index in [1.807, 2.05) is 0 Å². The van der Waals surface area contributed by atoms with Crippen molar-refractivity contribution in [3.63, 3.8) is 0 Å². The number of phenolic OH excluding ortho intramolecular Hbond substituents is 2. The van der Waals surface area contributed by atoms with Crippen molar-refractivity contribution in [3.8, 4) is 23.0 Å². The normalized spacial score (nSPS) is 36.0. The summed E-state index contributed by atoms with van der Waals surface area (Å²) in [6, 6.07) is 8.49. The largest absolute Gasteiger partial charge is 0.508 e. The summed E-state index contributed by atoms with van der Waals surface area (Å²) in [5, 5.41) is 80.9. The first-order valence-corrected chi connectivity index (χ1v) is 12.5. The molecular weight excluding hydrogens is 536 g/mol. The summed E-state index contributed by atoms with van der Waals surface area (Å²) in [5.41, 5.74) is 0.530. The van der Waals surface area contributed by atoms with Crippen LogP contribution in [0.2, 0.25) is 0 Å². The van der Waals surface area contributed by atoms with Crippen molar-refractivity contribution in [1.29, 1.82) is 0 Å². The molecule has 0 saturated carbocycles. The summed E-state index contributed by atoms with van der Waals surface area (Å²) in [5.74, 6) is -0.942. The van der Waals surface area contributed by atoms with Gasteiger partial charge in [0, 0.05) is 12.1 Å². The van der Waals surface area contributed by atoms with Gasteiger partial charge >= 0.3 is 0 Å². The average Bonchev–Trinajstić information content (AvgIpc) is 2.92. The molecule has 40 heavy (non-hydrogen) atoms. The van der Waals surface area contributed by atoms with E-state index in [-0.39, 0.29) is 29.2 Å². The van der Waals surface area contributed by atoms with Gasteiger partial charge in [0.2, 0.25) is 6.29 Å². The topological polar surface area (TPSA) is 225 Å². The number of aromatic hydroxyl groups is 2. The second kappa shape index (κ2) is 11.4. The Morgan fingerprint density at radius 1 is 0.900 bits per heavy atom. The molecule has 0 spiro atoms. The van der Waals surface area contributed by atoms with E-state index in [2.05, 4.69) is 0 Å². The SMILES string of the molecule is O=C1CC(c2ccc(O)cc2)Oc2cc(OC3OC(CO)C(O)C(O)C3OC3OCC(O)C(O)C3O)cc(O)c21. The minimum absolute atomic E-state index is 0.0139. The van der Waals surface area contributed by atoms with E-state index >= 15 is 0 Å². The number of ketones is 1. The number of aliphatic hydroxyl groups excluding tert-OH is 6. The van der Waals surface area contributed by atoms with Crippen molar-refractivity contribution in [2.75, 3.05) is 13.2 Å². The number of hydrogen-bond donors (Lipinski definition) is 8. The number of phenols is 2. The highest BCUT2D eigenvalue weighted by Crippen LogP contribution is 2.43. The summed E-state index contributed by atoms with van der Waals surface area (Å²) in [6.07, 6.45) is -14.9. The number of Topliss-reactive ketones (excluding diaryl/α,β-unsaturated/α-hetero) is 1. The minimum atomic E-state index is -1.74. The fourth-order valence-corrected chi connectivity index (χ4v) is 4.84. The molecule has 2 aromatic rings. The molecule has 10 atom stereocenters. The van der Waals surface area contributed by atoms with Crippen LogP contribution in [0, 0.1) is 0 Å². The molecular formula is C26H30O14. The Labute approximate surface area is 227 Å². The smallest absolute Gasteiger partial charge is 0.229 e. The second-order valence-electron chi connectivity index (χ2n) is 9.82. The van der Waals surface area contributed by atoms with E-state index in [1.54, 1.807) is 12.1 Å². The molecule has 0 amide bonds. The number of hydrogen-bond acceptors (Lipinski definition) is 14. The molecule has 3 aliphatic rings. The second-order valence-corrected chi connectivity index (χ2v) is 9.82. The van der Waals surface area contributed by atoms with Crippen molar-refractivity contribution in [3.05, 3.63) is 47.5 Å². The lowest BCUT2D eigenvalue weighted by molar-refractivity contribution is -0.344. The molecule has 0 bridgehead atoms. The zero-order chi connectivity index (χ0) is 28.7. The Balaban J connectivity index is 1.40. The molecule has 10 unspecified atom stereocenters. The highest BCUT2D eigenvalue weighted by Gasteiger charge is 2.50. The zero-order valence-corrected chi connectivity index (χ0v) is 20.9. The first kappa shape index (κ1) is 28.5. The molecule has 2 aromatic carbocycles. The van der Waals surface area contributed by atoms with Crippen molar-refractivity contribution >= 4 is 5.78 Å². The predicted octanol–water partition coefficient (Wildman–Crippen LogP) is -1.55. The number of benzene rings is 2. The van der Waals surface area contributed by atoms with E-state index in [1.165, 1.54) is 18.2 Å². The number of carbonyl (C=O) groups is 1. The van der Waals surface area contributed by atoms with Crippen molar-refractivity contribution in [2.24, 2.45) is 0 Å². The van der Waals surface area contributed by atoms with Crippen LogP contribution in [0.25, 0.3) is 0 Å². The quantitative estimate of drug-likeness (QED) is 0.198. The molecule has 14 nitrogen and oxygen atoms in total. The van der Waals surface area contributed by atoms with Gasteiger partial charge in [0.25, 0.3) is 0 Å². The average molecular weight is 567 g/mol. The van der Waals surface area contributed by atoms with Gasteiger partial charge in [-0.2, -0.15) is 0 Å². The fraction of sp³-hybridized carbons (Fsp3) is 0.500. The van der Waals surface area contributed by atoms with E-state index in [0.29, 0.717) is 5.56 Å². The standard InChI is InChI=1S/C26H30O14/c27-8-18-21(33)22(34)24(40-25-23(35)20(32)15(31)9-36-25)26(39-18)37-12-5-13(29)19-14(30)7-16(38-17(19)6-12)10-1-3-11(28)4-2-10/h1-6,15-16,18,20-29,31-35H,7-9H2. The number of fused-ring (bicyclic) bond motifs is 1. The summed E-state index contributed by atoms with van der Waals surface area (Å²) >= 11 is 0. The van der Waals surface area contributed by atoms with E-state index in [0.717, 1.165) is 6.07 Å². The maximum absolute atomic E-state index is 12.8. The lowest BCUT2D eigenvalue weighted by Crippen LogP contribution is -2.63. The molecule has 2 fully saturated rings. The molecule has 3 aliphatic heterocycles. The Bertz CT molecular complexity index is 1200. The lowest BCUT2D eigenvalue weighted by Gasteiger charge is -2.44. The van der Waals surface area contributed by atoms with Gasteiger partial charge in [-0.3, -0.25) is 4.79 Å². The first-order valence-electron chi connectivity index (χ1n) is 12.5. The fourth-order valence-electron chi connectivity index (χ4n) is 4.84. The van der Waals surface area contributed by atoms with Crippen LogP contribution in [-0.2, 0) is 14.2 Å². The van der Waals surface area contributed by atoms with Gasteiger partial charge < -0.3 is 64.5 Å². The summed E-state index contributed by atoms with van der Waals surface area (Å²) in [6.45, 7) is -1.11. The number of rotatable bonds is 6. The van der Waals surface area contributed by atoms with Crippen LogP contribution >= 0.6 is 0 Å². The maximum atomic E-state index is 12.8. The van der Waals surface area contributed by atoms with Gasteiger partial charge in [-0.25, -0.2) is 0 Å². The van der Waals surface area contributed by atoms with Crippen molar-refractivity contribution < 1.29 is 69.3 Å². The van der Waals surface area contributed by atoms with Gasteiger partial charge in [0.15, 0.2) is 18.2 Å². The highest BCUT2D eigenvalue weighted by molar-refractivity contribution is 6.02. The predicted molar refractivity (Wildman–Crippen MR) is 130 cm³/mol. The molecule has 0 aliphatic carbocycles. The van der Waals surface area contributed by atoms with Crippen LogP contribution in [0.4, 0.5) is 0 Å². The minimum Gasteiger partial charge on any atom is -0.508 e. The van der Waals surface area contributed by atoms with Crippen LogP contribution in [-0.4, -0.2) is 115 Å². The highest BCUT2D eigenvalue weighted by atomic mass is 16.8. The van der Waals surface area contributed by atoms with Crippen LogP contribution in [0.1, 0.15) is 28.4 Å². The monoisotopic (exact) mass is 566 g/mol.